The SMILES string of the molecule is C=CCC(F)(F)C(CCC1COC(N)=N1)c1ccccc1. The Balaban J connectivity index is 2.11. The van der Waals surface area contributed by atoms with E-state index in [0.29, 0.717) is 25.0 Å². The maximum atomic E-state index is 14.4. The summed E-state index contributed by atoms with van der Waals surface area (Å²) in [6.45, 7) is 3.81. The Morgan fingerprint density at radius 2 is 2.14 bits per heavy atom. The van der Waals surface area contributed by atoms with Crippen LogP contribution in [0.15, 0.2) is 48.0 Å². The van der Waals surface area contributed by atoms with Crippen LogP contribution < -0.4 is 5.73 Å². The first-order chi connectivity index (χ1) is 10.0. The fourth-order valence-corrected chi connectivity index (χ4v) is 2.58. The number of hydrogen-bond donors (Lipinski definition) is 1. The molecule has 0 fully saturated rings. The van der Waals surface area contributed by atoms with Crippen LogP contribution in [0.4, 0.5) is 8.78 Å². The van der Waals surface area contributed by atoms with Crippen LogP contribution in [0.3, 0.4) is 0 Å². The predicted molar refractivity (Wildman–Crippen MR) is 79.5 cm³/mol. The predicted octanol–water partition coefficient (Wildman–Crippen LogP) is 3.48. The van der Waals surface area contributed by atoms with Crippen molar-refractivity contribution in [1.29, 1.82) is 0 Å². The number of allylic oxidation sites excluding steroid dienone is 1. The minimum atomic E-state index is -2.82. The van der Waals surface area contributed by atoms with Crippen LogP contribution in [-0.2, 0) is 4.74 Å². The molecule has 1 heterocycles. The molecule has 5 heteroatoms. The number of alkyl halides is 2. The van der Waals surface area contributed by atoms with Gasteiger partial charge >= 0.3 is 0 Å². The summed E-state index contributed by atoms with van der Waals surface area (Å²) in [5.74, 6) is -3.67. The average molecular weight is 294 g/mol. The molecule has 0 aromatic heterocycles. The number of halogens is 2. The Kier molecular flexibility index (Phi) is 4.94. The number of ether oxygens (including phenoxy) is 1. The first-order valence-electron chi connectivity index (χ1n) is 7.02. The molecule has 0 bridgehead atoms. The summed E-state index contributed by atoms with van der Waals surface area (Å²) in [6, 6.07) is 8.88. The quantitative estimate of drug-likeness (QED) is 0.783. The third-order valence-corrected chi connectivity index (χ3v) is 3.65. The molecule has 3 nitrogen and oxygen atoms in total. The van der Waals surface area contributed by atoms with Crippen LogP contribution in [0.25, 0.3) is 0 Å². The van der Waals surface area contributed by atoms with Gasteiger partial charge in [0.25, 0.3) is 11.9 Å². The second-order valence-electron chi connectivity index (χ2n) is 5.23. The molecule has 1 aromatic rings. The zero-order chi connectivity index (χ0) is 15.3. The topological polar surface area (TPSA) is 47.6 Å². The molecule has 0 saturated heterocycles. The minimum Gasteiger partial charge on any atom is -0.463 e. The van der Waals surface area contributed by atoms with E-state index in [2.05, 4.69) is 11.6 Å². The number of nitrogens with two attached hydrogens (primary N) is 1. The van der Waals surface area contributed by atoms with E-state index in [1.54, 1.807) is 24.3 Å². The van der Waals surface area contributed by atoms with Crippen molar-refractivity contribution in [2.45, 2.75) is 37.1 Å². The van der Waals surface area contributed by atoms with Gasteiger partial charge in [-0.25, -0.2) is 13.8 Å². The van der Waals surface area contributed by atoms with Crippen molar-refractivity contribution < 1.29 is 13.5 Å². The summed E-state index contributed by atoms with van der Waals surface area (Å²) in [7, 11) is 0. The van der Waals surface area contributed by atoms with Crippen molar-refractivity contribution in [1.82, 2.24) is 0 Å². The highest BCUT2D eigenvalue weighted by Crippen LogP contribution is 2.40. The average Bonchev–Trinajstić information content (AvgIpc) is 2.85. The molecule has 1 aromatic carbocycles. The highest BCUT2D eigenvalue weighted by Gasteiger charge is 2.39. The van der Waals surface area contributed by atoms with Crippen molar-refractivity contribution >= 4 is 6.02 Å². The van der Waals surface area contributed by atoms with Crippen LogP contribution in [0.1, 0.15) is 30.7 Å². The molecule has 0 radical (unpaired) electrons. The van der Waals surface area contributed by atoms with Gasteiger partial charge in [-0.05, 0) is 18.4 Å². The lowest BCUT2D eigenvalue weighted by molar-refractivity contribution is -0.0282. The lowest BCUT2D eigenvalue weighted by atomic mass is 9.85. The van der Waals surface area contributed by atoms with E-state index in [0.717, 1.165) is 0 Å². The molecule has 21 heavy (non-hydrogen) atoms. The number of amidine groups is 1. The molecule has 1 aliphatic heterocycles. The number of rotatable bonds is 7. The minimum absolute atomic E-state index is 0.129. The smallest absolute Gasteiger partial charge is 0.282 e. The Labute approximate surface area is 123 Å². The van der Waals surface area contributed by atoms with Gasteiger partial charge in [0.15, 0.2) is 0 Å². The number of hydrogen-bond acceptors (Lipinski definition) is 3. The van der Waals surface area contributed by atoms with Crippen molar-refractivity contribution in [3.63, 3.8) is 0 Å². The van der Waals surface area contributed by atoms with Crippen LogP contribution in [0.5, 0.6) is 0 Å². The summed E-state index contributed by atoms with van der Waals surface area (Å²) < 4.78 is 33.8. The van der Waals surface area contributed by atoms with Gasteiger partial charge in [0.1, 0.15) is 6.61 Å². The van der Waals surface area contributed by atoms with E-state index in [1.807, 2.05) is 6.07 Å². The van der Waals surface area contributed by atoms with Crippen molar-refractivity contribution in [3.8, 4) is 0 Å². The molecule has 2 rings (SSSR count). The number of benzene rings is 1. The lowest BCUT2D eigenvalue weighted by Crippen LogP contribution is -2.27. The Hall–Kier alpha value is -1.91. The van der Waals surface area contributed by atoms with Crippen LogP contribution in [0.2, 0.25) is 0 Å². The van der Waals surface area contributed by atoms with Crippen molar-refractivity contribution in [2.75, 3.05) is 6.61 Å². The molecule has 2 atom stereocenters. The summed E-state index contributed by atoms with van der Waals surface area (Å²) in [5.41, 5.74) is 6.08. The second-order valence-corrected chi connectivity index (χ2v) is 5.23. The molecule has 0 spiro atoms. The molecular formula is C16H20F2N2O. The summed E-state index contributed by atoms with van der Waals surface area (Å²) >= 11 is 0. The fourth-order valence-electron chi connectivity index (χ4n) is 2.58. The Morgan fingerprint density at radius 1 is 1.43 bits per heavy atom. The summed E-state index contributed by atoms with van der Waals surface area (Å²) in [4.78, 5) is 4.09. The zero-order valence-electron chi connectivity index (χ0n) is 11.8. The third kappa shape index (κ3) is 4.03. The first kappa shape index (κ1) is 15.5. The number of nitrogens with zero attached hydrogens (tertiary/aromatic N) is 1. The molecule has 0 amide bonds. The molecule has 0 saturated carbocycles. The van der Waals surface area contributed by atoms with Gasteiger partial charge in [-0.15, -0.1) is 6.58 Å². The zero-order valence-corrected chi connectivity index (χ0v) is 11.8. The third-order valence-electron chi connectivity index (χ3n) is 3.65. The van der Waals surface area contributed by atoms with Gasteiger partial charge in [-0.1, -0.05) is 36.4 Å². The molecule has 0 aliphatic carbocycles. The molecule has 1 aliphatic rings. The van der Waals surface area contributed by atoms with E-state index < -0.39 is 11.8 Å². The molecule has 114 valence electrons. The maximum absolute atomic E-state index is 14.4. The van der Waals surface area contributed by atoms with Crippen molar-refractivity contribution in [2.24, 2.45) is 10.7 Å². The first-order valence-corrected chi connectivity index (χ1v) is 7.02. The van der Waals surface area contributed by atoms with Gasteiger partial charge in [0.2, 0.25) is 0 Å². The normalized spacial score (nSPS) is 19.7. The molecule has 2 unspecified atom stereocenters. The number of aliphatic imine (C=N–C) groups is 1. The highest BCUT2D eigenvalue weighted by atomic mass is 19.3. The van der Waals surface area contributed by atoms with Gasteiger partial charge in [-0.2, -0.15) is 0 Å². The standard InChI is InChI=1S/C16H20F2N2O/c1-2-10-16(17,18)14(12-6-4-3-5-7-12)9-8-13-11-21-15(19)20-13/h2-7,13-14H,1,8-11H2,(H2,19,20). The van der Waals surface area contributed by atoms with Gasteiger partial charge in [-0.3, -0.25) is 0 Å². The Morgan fingerprint density at radius 3 is 2.71 bits per heavy atom. The second kappa shape index (κ2) is 6.70. The van der Waals surface area contributed by atoms with E-state index in [4.69, 9.17) is 10.5 Å². The van der Waals surface area contributed by atoms with Gasteiger partial charge < -0.3 is 10.5 Å². The fraction of sp³-hybridized carbons (Fsp3) is 0.438. The van der Waals surface area contributed by atoms with Crippen LogP contribution >= 0.6 is 0 Å². The monoisotopic (exact) mass is 294 g/mol. The highest BCUT2D eigenvalue weighted by molar-refractivity contribution is 5.72. The van der Waals surface area contributed by atoms with Crippen LogP contribution in [0, 0.1) is 0 Å². The van der Waals surface area contributed by atoms with E-state index in [1.165, 1.54) is 6.08 Å². The van der Waals surface area contributed by atoms with Crippen molar-refractivity contribution in [3.05, 3.63) is 48.6 Å². The molecule has 2 N–H and O–H groups in total. The van der Waals surface area contributed by atoms with E-state index in [9.17, 15) is 8.78 Å². The Bertz CT molecular complexity index is 502. The summed E-state index contributed by atoms with van der Waals surface area (Å²) in [5, 5.41) is 0. The maximum Gasteiger partial charge on any atom is 0.282 e. The lowest BCUT2D eigenvalue weighted by Gasteiger charge is -2.27. The van der Waals surface area contributed by atoms with Crippen LogP contribution in [-0.4, -0.2) is 24.6 Å². The van der Waals surface area contributed by atoms with E-state index in [-0.39, 0.29) is 18.5 Å². The summed E-state index contributed by atoms with van der Waals surface area (Å²) in [6.07, 6.45) is 1.78. The van der Waals surface area contributed by atoms with Gasteiger partial charge in [0.05, 0.1) is 6.04 Å². The van der Waals surface area contributed by atoms with E-state index >= 15 is 0 Å². The molecular weight excluding hydrogens is 274 g/mol. The van der Waals surface area contributed by atoms with Gasteiger partial charge in [0, 0.05) is 12.3 Å². The largest absolute Gasteiger partial charge is 0.463 e.